The number of nitrogens with one attached hydrogen (secondary N) is 1. The molecule has 0 aliphatic carbocycles. The molecule has 0 bridgehead atoms. The van der Waals surface area contributed by atoms with Crippen LogP contribution in [-0.2, 0) is 6.54 Å². The van der Waals surface area contributed by atoms with Crippen molar-refractivity contribution in [1.82, 2.24) is 5.32 Å². The fraction of sp³-hybridized carbons (Fsp3) is 0.176. The topological polar surface area (TPSA) is 12.0 Å². The molecule has 1 nitrogen and oxygen atoms in total. The molecule has 0 amide bonds. The van der Waals surface area contributed by atoms with Gasteiger partial charge >= 0.3 is 0 Å². The number of benzene rings is 2. The van der Waals surface area contributed by atoms with E-state index in [0.29, 0.717) is 0 Å². The van der Waals surface area contributed by atoms with Crippen molar-refractivity contribution in [1.29, 1.82) is 0 Å². The molecule has 0 aromatic heterocycles. The standard InChI is InChI=1S/C17H19N/c1-15-9-11-17(12-10-15)14-18-13-5-8-16-6-3-2-4-7-16/h2-12,18H,13-14H2,1H3. The van der Waals surface area contributed by atoms with Gasteiger partial charge in [-0.25, -0.2) is 0 Å². The molecule has 0 atom stereocenters. The van der Waals surface area contributed by atoms with Gasteiger partial charge in [0.05, 0.1) is 0 Å². The second-order valence-electron chi connectivity index (χ2n) is 4.43. The van der Waals surface area contributed by atoms with Crippen LogP contribution in [0.5, 0.6) is 0 Å². The molecule has 0 unspecified atom stereocenters. The van der Waals surface area contributed by atoms with Crippen molar-refractivity contribution in [2.75, 3.05) is 6.54 Å². The lowest BCUT2D eigenvalue weighted by molar-refractivity contribution is 0.761. The summed E-state index contributed by atoms with van der Waals surface area (Å²) in [5, 5.41) is 3.40. The first-order valence-electron chi connectivity index (χ1n) is 6.32. The van der Waals surface area contributed by atoms with Gasteiger partial charge in [-0.05, 0) is 18.1 Å². The summed E-state index contributed by atoms with van der Waals surface area (Å²) in [6.07, 6.45) is 4.30. The summed E-state index contributed by atoms with van der Waals surface area (Å²) in [4.78, 5) is 0. The van der Waals surface area contributed by atoms with E-state index in [1.165, 1.54) is 16.7 Å². The van der Waals surface area contributed by atoms with Gasteiger partial charge in [-0.1, -0.05) is 72.3 Å². The van der Waals surface area contributed by atoms with Gasteiger partial charge in [-0.15, -0.1) is 0 Å². The average molecular weight is 237 g/mol. The Kier molecular flexibility index (Phi) is 4.74. The molecule has 18 heavy (non-hydrogen) atoms. The summed E-state index contributed by atoms with van der Waals surface area (Å²) >= 11 is 0. The Bertz CT molecular complexity index is 483. The van der Waals surface area contributed by atoms with Crippen molar-refractivity contribution >= 4 is 6.08 Å². The van der Waals surface area contributed by atoms with Gasteiger partial charge in [0.15, 0.2) is 0 Å². The third-order valence-corrected chi connectivity index (χ3v) is 2.82. The third-order valence-electron chi connectivity index (χ3n) is 2.82. The molecule has 0 spiro atoms. The van der Waals surface area contributed by atoms with E-state index in [1.807, 2.05) is 6.07 Å². The molecule has 0 radical (unpaired) electrons. The highest BCUT2D eigenvalue weighted by atomic mass is 14.8. The van der Waals surface area contributed by atoms with Crippen molar-refractivity contribution < 1.29 is 0 Å². The number of aryl methyl sites for hydroxylation is 1. The summed E-state index contributed by atoms with van der Waals surface area (Å²) in [6.45, 7) is 3.92. The van der Waals surface area contributed by atoms with Crippen LogP contribution in [0.2, 0.25) is 0 Å². The molecule has 0 saturated carbocycles. The zero-order valence-corrected chi connectivity index (χ0v) is 10.8. The molecule has 0 fully saturated rings. The normalized spacial score (nSPS) is 10.9. The minimum absolute atomic E-state index is 0.892. The van der Waals surface area contributed by atoms with Crippen LogP contribution in [-0.4, -0.2) is 6.54 Å². The average Bonchev–Trinajstić information content (AvgIpc) is 2.42. The summed E-state index contributed by atoms with van der Waals surface area (Å²) in [7, 11) is 0. The Balaban J connectivity index is 1.73. The maximum Gasteiger partial charge on any atom is 0.0208 e. The van der Waals surface area contributed by atoms with Gasteiger partial charge in [0, 0.05) is 13.1 Å². The molecule has 1 heteroatoms. The quantitative estimate of drug-likeness (QED) is 0.780. The number of rotatable bonds is 5. The van der Waals surface area contributed by atoms with Crippen LogP contribution in [0.25, 0.3) is 6.08 Å². The zero-order valence-electron chi connectivity index (χ0n) is 10.8. The molecular formula is C17H19N. The Morgan fingerprint density at radius 1 is 0.944 bits per heavy atom. The van der Waals surface area contributed by atoms with Gasteiger partial charge < -0.3 is 5.32 Å². The molecule has 92 valence electrons. The van der Waals surface area contributed by atoms with Crippen LogP contribution in [0.3, 0.4) is 0 Å². The van der Waals surface area contributed by atoms with E-state index in [-0.39, 0.29) is 0 Å². The summed E-state index contributed by atoms with van der Waals surface area (Å²) in [6, 6.07) is 19.0. The molecule has 2 aromatic rings. The largest absolute Gasteiger partial charge is 0.309 e. The van der Waals surface area contributed by atoms with Crippen molar-refractivity contribution in [3.05, 3.63) is 77.4 Å². The minimum Gasteiger partial charge on any atom is -0.309 e. The van der Waals surface area contributed by atoms with E-state index in [1.54, 1.807) is 0 Å². The minimum atomic E-state index is 0.892. The molecule has 0 aliphatic rings. The van der Waals surface area contributed by atoms with E-state index in [2.05, 4.69) is 72.9 Å². The van der Waals surface area contributed by atoms with Gasteiger partial charge in [0.1, 0.15) is 0 Å². The van der Waals surface area contributed by atoms with Gasteiger partial charge in [0.2, 0.25) is 0 Å². The molecular weight excluding hydrogens is 218 g/mol. The summed E-state index contributed by atoms with van der Waals surface area (Å²) in [5.74, 6) is 0. The Labute approximate surface area is 109 Å². The molecule has 1 N–H and O–H groups in total. The second kappa shape index (κ2) is 6.77. The SMILES string of the molecule is Cc1ccc(CNCC=Cc2ccccc2)cc1. The lowest BCUT2D eigenvalue weighted by atomic mass is 10.1. The molecule has 2 aromatic carbocycles. The molecule has 0 aliphatic heterocycles. The highest BCUT2D eigenvalue weighted by molar-refractivity contribution is 5.48. The smallest absolute Gasteiger partial charge is 0.0208 e. The van der Waals surface area contributed by atoms with Gasteiger partial charge in [0.25, 0.3) is 0 Å². The van der Waals surface area contributed by atoms with Crippen LogP contribution in [0.4, 0.5) is 0 Å². The lowest BCUT2D eigenvalue weighted by Crippen LogP contribution is -2.12. The van der Waals surface area contributed by atoms with E-state index in [0.717, 1.165) is 13.1 Å². The summed E-state index contributed by atoms with van der Waals surface area (Å²) in [5.41, 5.74) is 3.88. The Morgan fingerprint density at radius 3 is 2.39 bits per heavy atom. The van der Waals surface area contributed by atoms with Crippen LogP contribution in [0.15, 0.2) is 60.7 Å². The van der Waals surface area contributed by atoms with Crippen molar-refractivity contribution in [2.24, 2.45) is 0 Å². The lowest BCUT2D eigenvalue weighted by Gasteiger charge is -2.02. The van der Waals surface area contributed by atoms with Crippen molar-refractivity contribution in [3.8, 4) is 0 Å². The Morgan fingerprint density at radius 2 is 1.67 bits per heavy atom. The van der Waals surface area contributed by atoms with Crippen molar-refractivity contribution in [3.63, 3.8) is 0 Å². The van der Waals surface area contributed by atoms with E-state index >= 15 is 0 Å². The van der Waals surface area contributed by atoms with E-state index < -0.39 is 0 Å². The zero-order chi connectivity index (χ0) is 12.6. The van der Waals surface area contributed by atoms with E-state index in [4.69, 9.17) is 0 Å². The predicted molar refractivity (Wildman–Crippen MR) is 78.4 cm³/mol. The first-order chi connectivity index (χ1) is 8.84. The predicted octanol–water partition coefficient (Wildman–Crippen LogP) is 3.80. The first kappa shape index (κ1) is 12.6. The van der Waals surface area contributed by atoms with Crippen LogP contribution < -0.4 is 5.32 Å². The second-order valence-corrected chi connectivity index (χ2v) is 4.43. The van der Waals surface area contributed by atoms with E-state index in [9.17, 15) is 0 Å². The summed E-state index contributed by atoms with van der Waals surface area (Å²) < 4.78 is 0. The monoisotopic (exact) mass is 237 g/mol. The van der Waals surface area contributed by atoms with Gasteiger partial charge in [-0.3, -0.25) is 0 Å². The fourth-order valence-corrected chi connectivity index (χ4v) is 1.76. The first-order valence-corrected chi connectivity index (χ1v) is 6.32. The molecule has 2 rings (SSSR count). The highest BCUT2D eigenvalue weighted by Gasteiger charge is 1.90. The Hall–Kier alpha value is -1.86. The number of hydrogen-bond acceptors (Lipinski definition) is 1. The maximum atomic E-state index is 3.40. The van der Waals surface area contributed by atoms with Crippen LogP contribution in [0, 0.1) is 6.92 Å². The fourth-order valence-electron chi connectivity index (χ4n) is 1.76. The third kappa shape index (κ3) is 4.19. The van der Waals surface area contributed by atoms with Crippen molar-refractivity contribution in [2.45, 2.75) is 13.5 Å². The maximum absolute atomic E-state index is 3.40. The van der Waals surface area contributed by atoms with Crippen LogP contribution in [0.1, 0.15) is 16.7 Å². The molecule has 0 saturated heterocycles. The number of hydrogen-bond donors (Lipinski definition) is 1. The highest BCUT2D eigenvalue weighted by Crippen LogP contribution is 2.03. The van der Waals surface area contributed by atoms with Gasteiger partial charge in [-0.2, -0.15) is 0 Å². The molecule has 0 heterocycles. The van der Waals surface area contributed by atoms with Crippen LogP contribution >= 0.6 is 0 Å².